The molecule has 11 nitrogen and oxygen atoms in total. The number of oxazole rings is 1. The van der Waals surface area contributed by atoms with E-state index in [9.17, 15) is 18.0 Å². The van der Waals surface area contributed by atoms with Gasteiger partial charge in [0, 0.05) is 37.3 Å². The predicted octanol–water partition coefficient (Wildman–Crippen LogP) is 4.54. The topological polar surface area (TPSA) is 127 Å². The van der Waals surface area contributed by atoms with Crippen LogP contribution in [0.4, 0.5) is 24.8 Å². The molecule has 1 aromatic carbocycles. The first-order valence-corrected chi connectivity index (χ1v) is 13.0. The number of hydrogen-bond acceptors (Lipinski definition) is 9. The van der Waals surface area contributed by atoms with Crippen LogP contribution in [-0.4, -0.2) is 59.8 Å². The summed E-state index contributed by atoms with van der Waals surface area (Å²) in [4.78, 5) is 31.6. The maximum Gasteiger partial charge on any atom is 0.401 e. The molecule has 1 aliphatic heterocycles. The molecule has 0 spiro atoms. The molecule has 0 fully saturated rings. The summed E-state index contributed by atoms with van der Waals surface area (Å²) >= 11 is 0. The predicted molar refractivity (Wildman–Crippen MR) is 143 cm³/mol. The third kappa shape index (κ3) is 6.88. The number of amides is 1. The highest BCUT2D eigenvalue weighted by Gasteiger charge is 2.34. The number of halogens is 3. The number of rotatable bonds is 6. The minimum Gasteiger partial charge on any atom is -0.441 e. The van der Waals surface area contributed by atoms with E-state index in [1.54, 1.807) is 42.3 Å². The van der Waals surface area contributed by atoms with Crippen molar-refractivity contribution in [2.24, 2.45) is 7.05 Å². The number of anilines is 2. The average molecular weight is 570 g/mol. The Labute approximate surface area is 234 Å². The lowest BCUT2D eigenvalue weighted by molar-refractivity contribution is -0.147. The van der Waals surface area contributed by atoms with Crippen molar-refractivity contribution in [3.8, 4) is 11.4 Å². The zero-order valence-corrected chi connectivity index (χ0v) is 23.0. The van der Waals surface area contributed by atoms with Crippen molar-refractivity contribution in [1.82, 2.24) is 39.9 Å². The maximum atomic E-state index is 13.4. The molecule has 0 bridgehead atoms. The van der Waals surface area contributed by atoms with E-state index >= 15 is 0 Å². The maximum absolute atomic E-state index is 13.4. The molecule has 1 aliphatic rings. The van der Waals surface area contributed by atoms with Crippen molar-refractivity contribution in [2.75, 3.05) is 18.4 Å². The number of nitrogens with one attached hydrogen (secondary N) is 2. The van der Waals surface area contributed by atoms with Crippen molar-refractivity contribution in [3.05, 3.63) is 65.9 Å². The van der Waals surface area contributed by atoms with E-state index in [2.05, 4.69) is 35.7 Å². The van der Waals surface area contributed by atoms with E-state index in [-0.39, 0.29) is 30.8 Å². The molecule has 1 amide bonds. The van der Waals surface area contributed by atoms with Gasteiger partial charge in [-0.25, -0.2) is 15.0 Å². The van der Waals surface area contributed by atoms with E-state index < -0.39 is 24.7 Å². The van der Waals surface area contributed by atoms with Crippen LogP contribution < -0.4 is 10.6 Å². The molecule has 3 aromatic heterocycles. The fourth-order valence-corrected chi connectivity index (χ4v) is 4.60. The first-order chi connectivity index (χ1) is 19.3. The Morgan fingerprint density at radius 3 is 2.66 bits per heavy atom. The second-order valence-electron chi connectivity index (χ2n) is 11.0. The molecule has 0 unspecified atom stereocenters. The molecule has 4 aromatic rings. The van der Waals surface area contributed by atoms with E-state index in [4.69, 9.17) is 4.42 Å². The number of carbonyl (C=O) groups excluding carboxylic acids is 1. The summed E-state index contributed by atoms with van der Waals surface area (Å²) in [6.45, 7) is 4.94. The van der Waals surface area contributed by atoms with Gasteiger partial charge in [0.05, 0.1) is 30.2 Å². The fraction of sp³-hybridized carbons (Fsp3) is 0.407. The molecule has 216 valence electrons. The van der Waals surface area contributed by atoms with Crippen LogP contribution in [0.2, 0.25) is 0 Å². The fourth-order valence-electron chi connectivity index (χ4n) is 4.60. The van der Waals surface area contributed by atoms with Crippen LogP contribution in [0.5, 0.6) is 0 Å². The van der Waals surface area contributed by atoms with Crippen LogP contribution in [0.1, 0.15) is 60.7 Å². The second kappa shape index (κ2) is 10.9. The molecule has 0 saturated heterocycles. The van der Waals surface area contributed by atoms with Gasteiger partial charge in [0.15, 0.2) is 5.82 Å². The summed E-state index contributed by atoms with van der Waals surface area (Å²) in [5.74, 6) is 0.00921. The molecule has 0 aliphatic carbocycles. The summed E-state index contributed by atoms with van der Waals surface area (Å²) < 4.78 is 47.2. The number of fused-ring (bicyclic) bond motifs is 1. The third-order valence-corrected chi connectivity index (χ3v) is 6.61. The lowest BCUT2D eigenvalue weighted by atomic mass is 9.93. The normalized spacial score (nSPS) is 16.2. The van der Waals surface area contributed by atoms with Crippen LogP contribution in [0.15, 0.2) is 47.6 Å². The molecule has 0 radical (unpaired) electrons. The molecular weight excluding hydrogens is 539 g/mol. The van der Waals surface area contributed by atoms with Gasteiger partial charge in [0.2, 0.25) is 5.95 Å². The Morgan fingerprint density at radius 2 is 1.98 bits per heavy atom. The molecule has 0 saturated carbocycles. The monoisotopic (exact) mass is 569 g/mol. The number of aryl methyl sites for hydroxylation is 1. The highest BCUT2D eigenvalue weighted by atomic mass is 19.4. The zero-order chi connectivity index (χ0) is 29.4. The Hall–Kier alpha value is -4.33. The zero-order valence-electron chi connectivity index (χ0n) is 23.0. The van der Waals surface area contributed by atoms with Gasteiger partial charge in [0.1, 0.15) is 12.6 Å². The van der Waals surface area contributed by atoms with Crippen molar-refractivity contribution >= 4 is 17.5 Å². The van der Waals surface area contributed by atoms with Crippen molar-refractivity contribution in [1.29, 1.82) is 0 Å². The number of carbonyl (C=O) groups is 1. The van der Waals surface area contributed by atoms with Crippen LogP contribution in [0.3, 0.4) is 0 Å². The van der Waals surface area contributed by atoms with Crippen molar-refractivity contribution in [2.45, 2.75) is 51.4 Å². The molecular formula is C27H30F3N9O2. The Balaban J connectivity index is 1.43. The first-order valence-electron chi connectivity index (χ1n) is 13.0. The molecule has 1 atom stereocenters. The summed E-state index contributed by atoms with van der Waals surface area (Å²) in [5.41, 5.74) is 2.93. The SMILES string of the molecule is Cn1cc(Nc2ncnc(-c3ccc4c(c3)CN(CC(F)(F)F)CC[C@H]4NC(=O)c3nc(C(C)(C)C)co3)n2)cn1. The quantitative estimate of drug-likeness (QED) is 0.344. The second-order valence-corrected chi connectivity index (χ2v) is 11.0. The molecule has 14 heteroatoms. The van der Waals surface area contributed by atoms with Gasteiger partial charge >= 0.3 is 12.1 Å². The smallest absolute Gasteiger partial charge is 0.401 e. The number of alkyl halides is 3. The number of hydrogen-bond donors (Lipinski definition) is 2. The largest absolute Gasteiger partial charge is 0.441 e. The van der Waals surface area contributed by atoms with Gasteiger partial charge in [-0.2, -0.15) is 23.3 Å². The summed E-state index contributed by atoms with van der Waals surface area (Å²) in [6, 6.07) is 4.77. The number of benzene rings is 1. The van der Waals surface area contributed by atoms with E-state index in [1.807, 2.05) is 20.8 Å². The molecule has 41 heavy (non-hydrogen) atoms. The Kier molecular flexibility index (Phi) is 7.51. The highest BCUT2D eigenvalue weighted by molar-refractivity contribution is 5.90. The number of aromatic nitrogens is 6. The summed E-state index contributed by atoms with van der Waals surface area (Å²) in [6.07, 6.45) is 2.08. The van der Waals surface area contributed by atoms with Gasteiger partial charge in [-0.05, 0) is 23.6 Å². The standard InChI is InChI=1S/C27H30F3N9O2/c1-26(2,3)21-13-41-24(36-21)23(40)35-20-7-8-39(14-27(28,29)30)11-17-9-16(5-6-19(17)20)22-31-15-32-25(37-22)34-18-10-33-38(4)12-18/h5-6,9-10,12-13,15,20H,7-8,11,14H2,1-4H3,(H,35,40)(H,31,32,34,37)/t20-/m1/s1. The van der Waals surface area contributed by atoms with Gasteiger partial charge in [-0.3, -0.25) is 14.4 Å². The third-order valence-electron chi connectivity index (χ3n) is 6.61. The molecule has 2 N–H and O–H groups in total. The van der Waals surface area contributed by atoms with E-state index in [0.29, 0.717) is 39.8 Å². The lowest BCUT2D eigenvalue weighted by Crippen LogP contribution is -2.35. The Bertz CT molecular complexity index is 1540. The highest BCUT2D eigenvalue weighted by Crippen LogP contribution is 2.32. The van der Waals surface area contributed by atoms with Crippen molar-refractivity contribution in [3.63, 3.8) is 0 Å². The van der Waals surface area contributed by atoms with Crippen LogP contribution in [0, 0.1) is 0 Å². The first kappa shape index (κ1) is 28.2. The van der Waals surface area contributed by atoms with E-state index in [1.165, 1.54) is 17.5 Å². The minimum atomic E-state index is -4.37. The van der Waals surface area contributed by atoms with Gasteiger partial charge < -0.3 is 15.1 Å². The summed E-state index contributed by atoms with van der Waals surface area (Å²) in [7, 11) is 1.78. The average Bonchev–Trinajstić information content (AvgIpc) is 3.52. The lowest BCUT2D eigenvalue weighted by Gasteiger charge is -2.22. The molecule has 5 rings (SSSR count). The van der Waals surface area contributed by atoms with Crippen LogP contribution in [-0.2, 0) is 19.0 Å². The summed E-state index contributed by atoms with van der Waals surface area (Å²) in [5, 5.41) is 10.1. The minimum absolute atomic E-state index is 0.0358. The molecule has 4 heterocycles. The van der Waals surface area contributed by atoms with E-state index in [0.717, 1.165) is 0 Å². The van der Waals surface area contributed by atoms with Gasteiger partial charge in [0.25, 0.3) is 5.89 Å². The van der Waals surface area contributed by atoms with Crippen LogP contribution >= 0.6 is 0 Å². The Morgan fingerprint density at radius 1 is 1.17 bits per heavy atom. The number of nitrogens with zero attached hydrogens (tertiary/aromatic N) is 7. The van der Waals surface area contributed by atoms with Crippen LogP contribution in [0.25, 0.3) is 11.4 Å². The van der Waals surface area contributed by atoms with Gasteiger partial charge in [-0.1, -0.05) is 32.9 Å². The van der Waals surface area contributed by atoms with Crippen molar-refractivity contribution < 1.29 is 22.4 Å². The van der Waals surface area contributed by atoms with Gasteiger partial charge in [-0.15, -0.1) is 0 Å².